The fourth-order valence-corrected chi connectivity index (χ4v) is 4.46. The maximum Gasteiger partial charge on any atom is 0.264 e. The summed E-state index contributed by atoms with van der Waals surface area (Å²) in [5, 5.41) is 3.44. The zero-order valence-corrected chi connectivity index (χ0v) is 17.2. The van der Waals surface area contributed by atoms with Crippen LogP contribution in [0.4, 0.5) is 5.13 Å². The largest absolute Gasteiger partial charge is 0.481 e. The van der Waals surface area contributed by atoms with Crippen LogP contribution in [0, 0.1) is 6.92 Å². The summed E-state index contributed by atoms with van der Waals surface area (Å²) < 4.78 is 6.84. The molecule has 150 valence electrons. The predicted octanol–water partition coefficient (Wildman–Crippen LogP) is 4.00. The van der Waals surface area contributed by atoms with E-state index in [1.165, 1.54) is 11.3 Å². The van der Waals surface area contributed by atoms with Crippen LogP contribution >= 0.6 is 11.3 Å². The van der Waals surface area contributed by atoms with Crippen LogP contribution in [0.15, 0.2) is 48.5 Å². The third-order valence-electron chi connectivity index (χ3n) is 5.01. The summed E-state index contributed by atoms with van der Waals surface area (Å²) in [7, 11) is 0. The molecule has 7 heteroatoms. The van der Waals surface area contributed by atoms with Gasteiger partial charge in [-0.3, -0.25) is 9.59 Å². The maximum atomic E-state index is 13.0. The van der Waals surface area contributed by atoms with Crippen LogP contribution in [0.3, 0.4) is 0 Å². The number of anilines is 1. The van der Waals surface area contributed by atoms with Crippen molar-refractivity contribution in [3.8, 4) is 5.75 Å². The van der Waals surface area contributed by atoms with E-state index < -0.39 is 12.1 Å². The van der Waals surface area contributed by atoms with E-state index in [9.17, 15) is 9.59 Å². The van der Waals surface area contributed by atoms with Crippen LogP contribution in [0.1, 0.15) is 25.3 Å². The Morgan fingerprint density at radius 1 is 1.24 bits per heavy atom. The summed E-state index contributed by atoms with van der Waals surface area (Å²) >= 11 is 1.43. The van der Waals surface area contributed by atoms with Crippen molar-refractivity contribution in [1.29, 1.82) is 0 Å². The molecule has 29 heavy (non-hydrogen) atoms. The second kappa shape index (κ2) is 8.21. The van der Waals surface area contributed by atoms with E-state index in [-0.39, 0.29) is 11.8 Å². The van der Waals surface area contributed by atoms with Crippen LogP contribution in [-0.2, 0) is 9.59 Å². The molecule has 0 spiro atoms. The van der Waals surface area contributed by atoms with Gasteiger partial charge in [0.2, 0.25) is 5.91 Å². The lowest BCUT2D eigenvalue weighted by Gasteiger charge is -2.26. The van der Waals surface area contributed by atoms with Crippen molar-refractivity contribution in [3.05, 3.63) is 54.1 Å². The first-order chi connectivity index (χ1) is 14.0. The van der Waals surface area contributed by atoms with E-state index in [0.717, 1.165) is 22.2 Å². The van der Waals surface area contributed by atoms with Crippen LogP contribution in [0.2, 0.25) is 0 Å². The van der Waals surface area contributed by atoms with Crippen molar-refractivity contribution in [3.63, 3.8) is 0 Å². The fourth-order valence-electron chi connectivity index (χ4n) is 3.59. The number of aromatic nitrogens is 1. The number of fused-ring (bicyclic) bond motifs is 1. The third-order valence-corrected chi connectivity index (χ3v) is 5.96. The second-order valence-electron chi connectivity index (χ2n) is 7.24. The number of benzene rings is 2. The summed E-state index contributed by atoms with van der Waals surface area (Å²) in [5.74, 6) is 0.284. The Morgan fingerprint density at radius 2 is 2.07 bits per heavy atom. The molecule has 1 aliphatic heterocycles. The SMILES string of the molecule is Cc1cccc(O[C@@H](C)C(=O)N2CCC[C@H]2C(=O)Nc2nc3ccccc3s2)c1. The van der Waals surface area contributed by atoms with Gasteiger partial charge >= 0.3 is 0 Å². The van der Waals surface area contributed by atoms with Crippen molar-refractivity contribution in [2.75, 3.05) is 11.9 Å². The molecule has 3 aromatic rings. The molecule has 1 N–H and O–H groups in total. The first-order valence-electron chi connectivity index (χ1n) is 9.71. The van der Waals surface area contributed by atoms with Crippen molar-refractivity contribution in [1.82, 2.24) is 9.88 Å². The van der Waals surface area contributed by atoms with Crippen LogP contribution in [-0.4, -0.2) is 40.4 Å². The number of carbonyl (C=O) groups excluding carboxylic acids is 2. The van der Waals surface area contributed by atoms with Gasteiger partial charge in [-0.05, 0) is 56.5 Å². The summed E-state index contributed by atoms with van der Waals surface area (Å²) in [6.07, 6.45) is 0.771. The number of nitrogens with one attached hydrogen (secondary N) is 1. The van der Waals surface area contributed by atoms with E-state index in [1.807, 2.05) is 55.5 Å². The van der Waals surface area contributed by atoms with Gasteiger partial charge in [-0.1, -0.05) is 35.6 Å². The number of rotatable bonds is 5. The Bertz CT molecular complexity index is 1020. The average Bonchev–Trinajstić information content (AvgIpc) is 3.33. The van der Waals surface area contributed by atoms with Crippen molar-refractivity contribution < 1.29 is 14.3 Å². The number of nitrogens with zero attached hydrogens (tertiary/aromatic N) is 2. The van der Waals surface area contributed by atoms with Gasteiger partial charge in [0.05, 0.1) is 10.2 Å². The number of para-hydroxylation sites is 1. The molecule has 0 bridgehead atoms. The zero-order chi connectivity index (χ0) is 20.4. The van der Waals surface area contributed by atoms with E-state index in [4.69, 9.17) is 4.74 Å². The van der Waals surface area contributed by atoms with Gasteiger partial charge in [-0.25, -0.2) is 4.98 Å². The van der Waals surface area contributed by atoms with E-state index in [1.54, 1.807) is 11.8 Å². The second-order valence-corrected chi connectivity index (χ2v) is 8.27. The van der Waals surface area contributed by atoms with Gasteiger partial charge in [0.25, 0.3) is 5.91 Å². The number of hydrogen-bond acceptors (Lipinski definition) is 5. The molecule has 0 radical (unpaired) electrons. The Kier molecular flexibility index (Phi) is 5.49. The Hall–Kier alpha value is -2.93. The molecule has 2 amide bonds. The van der Waals surface area contributed by atoms with Gasteiger partial charge in [0, 0.05) is 6.54 Å². The minimum absolute atomic E-state index is 0.173. The van der Waals surface area contributed by atoms with E-state index in [0.29, 0.717) is 23.8 Å². The van der Waals surface area contributed by atoms with E-state index in [2.05, 4.69) is 10.3 Å². The number of amides is 2. The quantitative estimate of drug-likeness (QED) is 0.691. The molecule has 2 aromatic carbocycles. The highest BCUT2D eigenvalue weighted by atomic mass is 32.1. The molecular weight excluding hydrogens is 386 g/mol. The fraction of sp³-hybridized carbons (Fsp3) is 0.318. The molecule has 0 unspecified atom stereocenters. The van der Waals surface area contributed by atoms with E-state index >= 15 is 0 Å². The minimum atomic E-state index is -0.660. The number of thiazole rings is 1. The number of likely N-dealkylation sites (tertiary alicyclic amines) is 1. The lowest BCUT2D eigenvalue weighted by Crippen LogP contribution is -2.47. The molecule has 2 heterocycles. The first kappa shape index (κ1) is 19.4. The van der Waals surface area contributed by atoms with Crippen LogP contribution in [0.5, 0.6) is 5.75 Å². The summed E-state index contributed by atoms with van der Waals surface area (Å²) in [4.78, 5) is 31.9. The lowest BCUT2D eigenvalue weighted by atomic mass is 10.2. The van der Waals surface area contributed by atoms with Crippen molar-refractivity contribution >= 4 is 38.5 Å². The van der Waals surface area contributed by atoms with Crippen LogP contribution < -0.4 is 10.1 Å². The van der Waals surface area contributed by atoms with Gasteiger partial charge in [-0.2, -0.15) is 0 Å². The van der Waals surface area contributed by atoms with Crippen molar-refractivity contribution in [2.24, 2.45) is 0 Å². The topological polar surface area (TPSA) is 71.5 Å². The smallest absolute Gasteiger partial charge is 0.264 e. The van der Waals surface area contributed by atoms with Crippen molar-refractivity contribution in [2.45, 2.75) is 38.8 Å². The zero-order valence-electron chi connectivity index (χ0n) is 16.4. The standard InChI is InChI=1S/C22H23N3O3S/c1-14-7-5-8-16(13-14)28-15(2)21(27)25-12-6-10-18(25)20(26)24-22-23-17-9-3-4-11-19(17)29-22/h3-5,7-9,11,13,15,18H,6,10,12H2,1-2H3,(H,23,24,26)/t15-,18-/m0/s1. The molecule has 1 aromatic heterocycles. The van der Waals surface area contributed by atoms with Crippen LogP contribution in [0.25, 0.3) is 10.2 Å². The average molecular weight is 410 g/mol. The van der Waals surface area contributed by atoms with Gasteiger partial charge in [0.1, 0.15) is 11.8 Å². The molecule has 1 aliphatic rings. The normalized spacial score (nSPS) is 17.3. The highest BCUT2D eigenvalue weighted by Crippen LogP contribution is 2.27. The Labute approximate surface area is 173 Å². The van der Waals surface area contributed by atoms with Gasteiger partial charge in [0.15, 0.2) is 11.2 Å². The Balaban J connectivity index is 1.43. The molecule has 6 nitrogen and oxygen atoms in total. The number of carbonyl (C=O) groups is 2. The molecule has 0 saturated carbocycles. The minimum Gasteiger partial charge on any atom is -0.481 e. The third kappa shape index (κ3) is 4.24. The van der Waals surface area contributed by atoms with Gasteiger partial charge in [-0.15, -0.1) is 0 Å². The first-order valence-corrected chi connectivity index (χ1v) is 10.5. The Morgan fingerprint density at radius 3 is 2.86 bits per heavy atom. The highest BCUT2D eigenvalue weighted by molar-refractivity contribution is 7.22. The summed E-state index contributed by atoms with van der Waals surface area (Å²) in [5.41, 5.74) is 1.92. The molecule has 4 rings (SSSR count). The summed E-state index contributed by atoms with van der Waals surface area (Å²) in [6, 6.07) is 14.8. The number of ether oxygens (including phenoxy) is 1. The molecular formula is C22H23N3O3S. The lowest BCUT2D eigenvalue weighted by molar-refractivity contribution is -0.142. The number of hydrogen-bond donors (Lipinski definition) is 1. The maximum absolute atomic E-state index is 13.0. The number of aryl methyl sites for hydroxylation is 1. The predicted molar refractivity (Wildman–Crippen MR) is 114 cm³/mol. The molecule has 1 saturated heterocycles. The molecule has 2 atom stereocenters. The summed E-state index contributed by atoms with van der Waals surface area (Å²) in [6.45, 7) is 4.26. The highest BCUT2D eigenvalue weighted by Gasteiger charge is 2.37. The molecule has 0 aliphatic carbocycles. The van der Waals surface area contributed by atoms with Gasteiger partial charge < -0.3 is 15.0 Å². The molecule has 1 fully saturated rings. The monoisotopic (exact) mass is 409 g/mol.